The van der Waals surface area contributed by atoms with Crippen molar-refractivity contribution in [2.45, 2.75) is 32.9 Å². The van der Waals surface area contributed by atoms with Gasteiger partial charge in [-0.1, -0.05) is 12.1 Å². The van der Waals surface area contributed by atoms with Crippen molar-refractivity contribution in [3.05, 3.63) is 29.8 Å². The minimum absolute atomic E-state index is 0.0658. The van der Waals surface area contributed by atoms with E-state index in [1.165, 1.54) is 0 Å². The molecule has 0 fully saturated rings. The van der Waals surface area contributed by atoms with Crippen LogP contribution in [0.3, 0.4) is 0 Å². The number of amides is 1. The Morgan fingerprint density at radius 1 is 1.30 bits per heavy atom. The monoisotopic (exact) mass is 280 g/mol. The molecule has 0 aliphatic rings. The largest absolute Gasteiger partial charge is 0.379 e. The molecule has 1 aromatic rings. The minimum Gasteiger partial charge on any atom is -0.379 e. The van der Waals surface area contributed by atoms with Crippen molar-refractivity contribution in [3.8, 4) is 0 Å². The van der Waals surface area contributed by atoms with Crippen molar-refractivity contribution in [1.82, 2.24) is 0 Å². The molecule has 0 spiro atoms. The van der Waals surface area contributed by atoms with E-state index in [2.05, 4.69) is 5.32 Å². The number of anilines is 1. The summed E-state index contributed by atoms with van der Waals surface area (Å²) in [6, 6.07) is 7.51. The number of benzene rings is 1. The summed E-state index contributed by atoms with van der Waals surface area (Å²) in [6.45, 7) is 5.87. The molecule has 20 heavy (non-hydrogen) atoms. The van der Waals surface area contributed by atoms with Crippen molar-refractivity contribution in [3.63, 3.8) is 0 Å². The maximum atomic E-state index is 11.7. The summed E-state index contributed by atoms with van der Waals surface area (Å²) in [6.07, 6.45) is 0.533. The van der Waals surface area contributed by atoms with Crippen molar-refractivity contribution in [1.29, 1.82) is 0 Å². The Hall–Kier alpha value is -1.43. The summed E-state index contributed by atoms with van der Waals surface area (Å²) in [5.74, 6) is -0.0658. The molecule has 3 N–H and O–H groups in total. The lowest BCUT2D eigenvalue weighted by Crippen LogP contribution is -2.16. The first-order valence-corrected chi connectivity index (χ1v) is 6.90. The second-order valence-electron chi connectivity index (χ2n) is 4.73. The van der Waals surface area contributed by atoms with Crippen LogP contribution in [0.15, 0.2) is 24.3 Å². The molecule has 5 nitrogen and oxygen atoms in total. The fourth-order valence-corrected chi connectivity index (χ4v) is 1.61. The molecular formula is C15H24N2O3. The lowest BCUT2D eigenvalue weighted by atomic mass is 10.2. The fourth-order valence-electron chi connectivity index (χ4n) is 1.61. The van der Waals surface area contributed by atoms with E-state index in [1.807, 2.05) is 38.1 Å². The first-order valence-electron chi connectivity index (χ1n) is 6.90. The third kappa shape index (κ3) is 7.23. The average Bonchev–Trinajstić information content (AvgIpc) is 2.42. The number of nitrogens with two attached hydrogens (primary N) is 1. The third-order valence-corrected chi connectivity index (χ3v) is 2.60. The molecule has 0 heterocycles. The van der Waals surface area contributed by atoms with Crippen LogP contribution in [0, 0.1) is 0 Å². The molecular weight excluding hydrogens is 256 g/mol. The fraction of sp³-hybridized carbons (Fsp3) is 0.533. The van der Waals surface area contributed by atoms with Crippen LogP contribution in [0.2, 0.25) is 0 Å². The zero-order valence-corrected chi connectivity index (χ0v) is 12.2. The SMILES string of the molecule is CC(C)OCCOCCC(=O)Nc1cccc(CN)c1. The van der Waals surface area contributed by atoms with Crippen LogP contribution in [0.5, 0.6) is 0 Å². The first-order chi connectivity index (χ1) is 9.61. The van der Waals surface area contributed by atoms with Crippen molar-refractivity contribution in [2.75, 3.05) is 25.1 Å². The molecule has 0 saturated carbocycles. The molecule has 1 aromatic carbocycles. The normalized spacial score (nSPS) is 10.8. The smallest absolute Gasteiger partial charge is 0.226 e. The summed E-state index contributed by atoms with van der Waals surface area (Å²) in [7, 11) is 0. The first kappa shape index (κ1) is 16.6. The highest BCUT2D eigenvalue weighted by molar-refractivity contribution is 5.90. The van der Waals surface area contributed by atoms with E-state index >= 15 is 0 Å². The molecule has 5 heteroatoms. The number of carbonyl (C=O) groups is 1. The van der Waals surface area contributed by atoms with E-state index in [0.29, 0.717) is 32.8 Å². The Labute approximate surface area is 120 Å². The molecule has 0 unspecified atom stereocenters. The number of hydrogen-bond acceptors (Lipinski definition) is 4. The van der Waals surface area contributed by atoms with E-state index in [9.17, 15) is 4.79 Å². The van der Waals surface area contributed by atoms with Gasteiger partial charge in [0.1, 0.15) is 0 Å². The second-order valence-corrected chi connectivity index (χ2v) is 4.73. The number of hydrogen-bond donors (Lipinski definition) is 2. The van der Waals surface area contributed by atoms with Crippen LogP contribution >= 0.6 is 0 Å². The van der Waals surface area contributed by atoms with E-state index < -0.39 is 0 Å². The third-order valence-electron chi connectivity index (χ3n) is 2.60. The Kier molecular flexibility index (Phi) is 7.87. The van der Waals surface area contributed by atoms with E-state index in [1.54, 1.807) is 0 Å². The van der Waals surface area contributed by atoms with Crippen LogP contribution in [-0.2, 0) is 20.8 Å². The quantitative estimate of drug-likeness (QED) is 0.678. The van der Waals surface area contributed by atoms with Crippen LogP contribution in [0.1, 0.15) is 25.8 Å². The van der Waals surface area contributed by atoms with Gasteiger partial charge in [0.05, 0.1) is 32.3 Å². The molecule has 0 atom stereocenters. The summed E-state index contributed by atoms with van der Waals surface area (Å²) >= 11 is 0. The zero-order valence-electron chi connectivity index (χ0n) is 12.2. The van der Waals surface area contributed by atoms with E-state index in [0.717, 1.165) is 11.3 Å². The molecule has 0 aliphatic heterocycles. The van der Waals surface area contributed by atoms with Crippen molar-refractivity contribution in [2.24, 2.45) is 5.73 Å². The molecule has 0 aliphatic carbocycles. The van der Waals surface area contributed by atoms with Gasteiger partial charge in [-0.15, -0.1) is 0 Å². The highest BCUT2D eigenvalue weighted by atomic mass is 16.5. The molecule has 0 aromatic heterocycles. The van der Waals surface area contributed by atoms with Gasteiger partial charge in [-0.3, -0.25) is 4.79 Å². The molecule has 0 radical (unpaired) electrons. The van der Waals surface area contributed by atoms with E-state index in [-0.39, 0.29) is 12.0 Å². The number of rotatable bonds is 9. The number of carbonyl (C=O) groups excluding carboxylic acids is 1. The second kappa shape index (κ2) is 9.47. The predicted octanol–water partition coefficient (Wildman–Crippen LogP) is 1.92. The summed E-state index contributed by atoms with van der Waals surface area (Å²) < 4.78 is 10.7. The summed E-state index contributed by atoms with van der Waals surface area (Å²) in [5, 5.41) is 2.82. The van der Waals surface area contributed by atoms with Gasteiger partial charge in [0.25, 0.3) is 0 Å². The Bertz CT molecular complexity index is 408. The number of nitrogens with one attached hydrogen (secondary N) is 1. The summed E-state index contributed by atoms with van der Waals surface area (Å²) in [4.78, 5) is 11.7. The van der Waals surface area contributed by atoms with Crippen molar-refractivity contribution >= 4 is 11.6 Å². The Morgan fingerprint density at radius 3 is 2.80 bits per heavy atom. The van der Waals surface area contributed by atoms with Gasteiger partial charge in [-0.25, -0.2) is 0 Å². The van der Waals surface area contributed by atoms with Gasteiger partial charge in [0, 0.05) is 12.2 Å². The molecule has 1 amide bonds. The molecule has 112 valence electrons. The van der Waals surface area contributed by atoms with Crippen LogP contribution in [-0.4, -0.2) is 31.8 Å². The van der Waals surface area contributed by atoms with Crippen LogP contribution in [0.25, 0.3) is 0 Å². The predicted molar refractivity (Wildman–Crippen MR) is 79.5 cm³/mol. The van der Waals surface area contributed by atoms with Crippen LogP contribution < -0.4 is 11.1 Å². The maximum absolute atomic E-state index is 11.7. The standard InChI is InChI=1S/C15H24N2O3/c1-12(2)20-9-8-19-7-6-15(18)17-14-5-3-4-13(10-14)11-16/h3-5,10,12H,6-9,11,16H2,1-2H3,(H,17,18). The van der Waals surface area contributed by atoms with E-state index in [4.69, 9.17) is 15.2 Å². The zero-order chi connectivity index (χ0) is 14.8. The van der Waals surface area contributed by atoms with Crippen molar-refractivity contribution < 1.29 is 14.3 Å². The summed E-state index contributed by atoms with van der Waals surface area (Å²) in [5.41, 5.74) is 7.31. The van der Waals surface area contributed by atoms with Gasteiger partial charge in [-0.2, -0.15) is 0 Å². The topological polar surface area (TPSA) is 73.6 Å². The molecule has 0 bridgehead atoms. The highest BCUT2D eigenvalue weighted by Crippen LogP contribution is 2.10. The van der Waals surface area contributed by atoms with Gasteiger partial charge < -0.3 is 20.5 Å². The van der Waals surface area contributed by atoms with Crippen LogP contribution in [0.4, 0.5) is 5.69 Å². The highest BCUT2D eigenvalue weighted by Gasteiger charge is 2.03. The van der Waals surface area contributed by atoms with Gasteiger partial charge in [0.15, 0.2) is 0 Å². The Morgan fingerprint density at radius 2 is 2.10 bits per heavy atom. The van der Waals surface area contributed by atoms with Gasteiger partial charge >= 0.3 is 0 Å². The lowest BCUT2D eigenvalue weighted by Gasteiger charge is -2.09. The average molecular weight is 280 g/mol. The van der Waals surface area contributed by atoms with Gasteiger partial charge in [0.2, 0.25) is 5.91 Å². The lowest BCUT2D eigenvalue weighted by molar-refractivity contribution is -0.117. The maximum Gasteiger partial charge on any atom is 0.226 e. The molecule has 1 rings (SSSR count). The van der Waals surface area contributed by atoms with Gasteiger partial charge in [-0.05, 0) is 31.5 Å². The Balaban J connectivity index is 2.16. The number of ether oxygens (including phenoxy) is 2. The molecule has 0 saturated heterocycles. The minimum atomic E-state index is -0.0658.